The summed E-state index contributed by atoms with van der Waals surface area (Å²) in [4.78, 5) is 31.6. The van der Waals surface area contributed by atoms with Gasteiger partial charge in [0.25, 0.3) is 5.56 Å². The standard InChI is InChI=1S/C20H19Cl2N7O3.HN.2W/c1-5-28(6-2)19-23-16-15(18(30)27(4)20(31)26(16)3)29(19)10-14-24-25-17(32-14)11-7-8-12(21)13(22)9-11;;;/h7-9H,1-2,5-6,10H2,3-4H3;1H;;/q-2;;;+2. The minimum atomic E-state index is -0.487. The number of hydrogen-bond donors (Lipinski definition) is 1. The molecule has 0 amide bonds. The molecule has 0 atom stereocenters. The maximum atomic E-state index is 13.0. The molecular weight excluding hydrogens is 839 g/mol. The summed E-state index contributed by atoms with van der Waals surface area (Å²) in [5.41, 5.74) is 0.104. The van der Waals surface area contributed by atoms with Crippen molar-refractivity contribution in [3.05, 3.63) is 68.8 Å². The first kappa shape index (κ1) is 29.3. The second-order valence-electron chi connectivity index (χ2n) is 6.99. The number of halogens is 2. The van der Waals surface area contributed by atoms with E-state index in [1.165, 1.54) is 11.6 Å². The zero-order valence-corrected chi connectivity index (χ0v) is 26.1. The molecule has 4 aromatic rings. The normalized spacial score (nSPS) is 10.6. The Labute approximate surface area is 235 Å². The van der Waals surface area contributed by atoms with Gasteiger partial charge in [0.15, 0.2) is 11.2 Å². The Kier molecular flexibility index (Phi) is 10.3. The van der Waals surface area contributed by atoms with Crippen molar-refractivity contribution in [3.8, 4) is 11.5 Å². The van der Waals surface area contributed by atoms with Gasteiger partial charge in [-0.2, -0.15) is 4.98 Å². The first-order valence-corrected chi connectivity index (χ1v) is 12.0. The van der Waals surface area contributed by atoms with E-state index in [0.717, 1.165) is 24.2 Å². The van der Waals surface area contributed by atoms with Crippen molar-refractivity contribution in [3.63, 3.8) is 0 Å². The van der Waals surface area contributed by atoms with E-state index in [9.17, 15) is 9.59 Å². The van der Waals surface area contributed by atoms with Crippen molar-refractivity contribution in [2.24, 2.45) is 14.1 Å². The molecule has 0 aliphatic carbocycles. The third-order valence-corrected chi connectivity index (χ3v) is 5.82. The fourth-order valence-corrected chi connectivity index (χ4v) is 3.63. The molecule has 0 saturated heterocycles. The molecule has 0 fully saturated rings. The molecule has 4 rings (SSSR count). The van der Waals surface area contributed by atoms with Crippen molar-refractivity contribution in [2.45, 2.75) is 6.54 Å². The number of rotatable bonds is 6. The largest absolute Gasteiger partial charge is 2.00 e. The molecular formula is C20H20Cl2N8O3W2. The minimum Gasteiger partial charge on any atom is 2.00 e. The number of nitrogens with one attached hydrogen (secondary N) is 1. The second kappa shape index (κ2) is 12.3. The van der Waals surface area contributed by atoms with Crippen LogP contribution in [-0.2, 0) is 61.3 Å². The fourth-order valence-electron chi connectivity index (χ4n) is 3.34. The maximum Gasteiger partial charge on any atom is 2.00 e. The van der Waals surface area contributed by atoms with Gasteiger partial charge < -0.3 is 23.2 Å². The molecule has 184 valence electrons. The summed E-state index contributed by atoms with van der Waals surface area (Å²) in [5, 5.41) is 8.95. The Balaban J connectivity index is 0.00000140. The second-order valence-corrected chi connectivity index (χ2v) is 7.81. The summed E-state index contributed by atoms with van der Waals surface area (Å²) >= 11 is 12.9. The summed E-state index contributed by atoms with van der Waals surface area (Å²) in [6.45, 7) is 8.53. The first-order valence-electron chi connectivity index (χ1n) is 9.74. The molecule has 0 saturated carbocycles. The first-order chi connectivity index (χ1) is 16.3. The van der Waals surface area contributed by atoms with Crippen LogP contribution in [0.4, 0.5) is 5.95 Å². The molecule has 0 bridgehead atoms. The summed E-state index contributed by atoms with van der Waals surface area (Å²) in [6.07, 6.45) is 0. The Morgan fingerprint density at radius 1 is 1.09 bits per heavy atom. The van der Waals surface area contributed by atoms with Gasteiger partial charge in [0.1, 0.15) is 6.54 Å². The van der Waals surface area contributed by atoms with E-state index in [0.29, 0.717) is 34.6 Å². The molecule has 0 radical (unpaired) electrons. The Morgan fingerprint density at radius 3 is 2.34 bits per heavy atom. The average molecular weight is 859 g/mol. The van der Waals surface area contributed by atoms with Gasteiger partial charge in [0.05, 0.1) is 10.0 Å². The molecule has 15 heteroatoms. The number of fused-ring (bicyclic) bond motifs is 1. The number of aryl methyl sites for hydroxylation is 1. The van der Waals surface area contributed by atoms with E-state index in [1.807, 2.05) is 0 Å². The van der Waals surface area contributed by atoms with E-state index < -0.39 is 11.2 Å². The summed E-state index contributed by atoms with van der Waals surface area (Å²) in [6, 6.07) is 4.97. The van der Waals surface area contributed by atoms with Crippen LogP contribution in [0.3, 0.4) is 0 Å². The molecule has 1 N–H and O–H groups in total. The van der Waals surface area contributed by atoms with Crippen molar-refractivity contribution in [1.82, 2.24) is 28.9 Å². The monoisotopic (exact) mass is 858 g/mol. The van der Waals surface area contributed by atoms with Crippen LogP contribution in [0.1, 0.15) is 5.89 Å². The zero-order valence-electron chi connectivity index (χ0n) is 18.7. The van der Waals surface area contributed by atoms with Crippen molar-refractivity contribution >= 4 is 40.3 Å². The molecule has 0 spiro atoms. The number of hydrogen-bond acceptors (Lipinski definition) is 8. The fraction of sp³-hybridized carbons (Fsp3) is 0.250. The van der Waals surface area contributed by atoms with E-state index in [4.69, 9.17) is 31.5 Å². The quantitative estimate of drug-likeness (QED) is 0.296. The number of benzene rings is 1. The minimum absolute atomic E-state index is 0. The van der Waals surface area contributed by atoms with E-state index in [1.54, 1.807) is 34.7 Å². The topological polar surface area (TPSA) is 128 Å². The summed E-state index contributed by atoms with van der Waals surface area (Å²) < 4.78 is 15.6. The van der Waals surface area contributed by atoms with E-state index >= 15 is 0 Å². The van der Waals surface area contributed by atoms with Crippen molar-refractivity contribution in [1.29, 1.82) is 3.91 Å². The smallest absolute Gasteiger partial charge is 2.00 e. The van der Waals surface area contributed by atoms with Crippen LogP contribution in [0.2, 0.25) is 10.0 Å². The summed E-state index contributed by atoms with van der Waals surface area (Å²) in [7, 11) is 2.97. The van der Waals surface area contributed by atoms with Gasteiger partial charge in [-0.05, 0) is 18.2 Å². The number of anilines is 1. The number of aromatic nitrogens is 6. The molecule has 0 aliphatic heterocycles. The van der Waals surface area contributed by atoms with Gasteiger partial charge in [-0.25, -0.2) is 4.79 Å². The molecule has 1 aromatic carbocycles. The SMILES string of the molecule is [CH2-]CN(C[CH2-])c1nc2c(c(=O)n(C)c(=O)n2C)n1Cc1nnc(-c2ccc(Cl)c(Cl)c2)o1.[NH]=[W].[W+2]. The van der Waals surface area contributed by atoms with Gasteiger partial charge in [0.2, 0.25) is 17.7 Å². The Hall–Kier alpha value is -1.93. The third kappa shape index (κ3) is 5.58. The molecule has 0 unspecified atom stereocenters. The van der Waals surface area contributed by atoms with Crippen LogP contribution in [0.5, 0.6) is 0 Å². The Morgan fingerprint density at radius 2 is 1.74 bits per heavy atom. The summed E-state index contributed by atoms with van der Waals surface area (Å²) in [5.74, 6) is 0.893. The Bertz CT molecular complexity index is 1460. The molecule has 3 aromatic heterocycles. The van der Waals surface area contributed by atoms with Gasteiger partial charge >= 0.3 is 50.3 Å². The number of imidazole rings is 1. The predicted octanol–water partition coefficient (Wildman–Crippen LogP) is 2.61. The predicted molar refractivity (Wildman–Crippen MR) is 125 cm³/mol. The van der Waals surface area contributed by atoms with Crippen molar-refractivity contribution in [2.75, 3.05) is 18.0 Å². The van der Waals surface area contributed by atoms with Gasteiger partial charge in [-0.1, -0.05) is 23.2 Å². The van der Waals surface area contributed by atoms with Crippen LogP contribution >= 0.6 is 23.2 Å². The van der Waals surface area contributed by atoms with Crippen LogP contribution in [0, 0.1) is 17.8 Å². The van der Waals surface area contributed by atoms with Crippen LogP contribution in [0.15, 0.2) is 32.2 Å². The molecule has 35 heavy (non-hydrogen) atoms. The van der Waals surface area contributed by atoms with Gasteiger partial charge in [-0.3, -0.25) is 18.5 Å². The average Bonchev–Trinajstić information content (AvgIpc) is 3.46. The van der Waals surface area contributed by atoms with Crippen LogP contribution in [0.25, 0.3) is 22.6 Å². The molecule has 11 nitrogen and oxygen atoms in total. The number of nitrogens with zero attached hydrogens (tertiary/aromatic N) is 7. The molecule has 0 aliphatic rings. The third-order valence-electron chi connectivity index (χ3n) is 5.08. The van der Waals surface area contributed by atoms with E-state index in [2.05, 4.69) is 29.0 Å². The molecule has 3 heterocycles. The zero-order chi connectivity index (χ0) is 25.2. The van der Waals surface area contributed by atoms with Crippen LogP contribution < -0.4 is 16.1 Å². The maximum absolute atomic E-state index is 13.0. The van der Waals surface area contributed by atoms with Gasteiger partial charge in [0, 0.05) is 19.7 Å². The van der Waals surface area contributed by atoms with Crippen molar-refractivity contribution < 1.29 is 45.1 Å². The van der Waals surface area contributed by atoms with E-state index in [-0.39, 0.29) is 50.6 Å². The van der Waals surface area contributed by atoms with Gasteiger partial charge in [-0.15, -0.1) is 23.3 Å². The van der Waals surface area contributed by atoms with Crippen LogP contribution in [-0.4, -0.2) is 42.0 Å².